The SMILES string of the molecule is CC(NC1C(C)(C)C1(C)C)c1ccoc1. The molecule has 1 aliphatic carbocycles. The fourth-order valence-corrected chi connectivity index (χ4v) is 2.48. The molecule has 2 nitrogen and oxygen atoms in total. The van der Waals surface area contributed by atoms with E-state index in [-0.39, 0.29) is 0 Å². The van der Waals surface area contributed by atoms with E-state index in [2.05, 4.69) is 39.9 Å². The van der Waals surface area contributed by atoms with Gasteiger partial charge < -0.3 is 9.73 Å². The van der Waals surface area contributed by atoms with Crippen molar-refractivity contribution in [1.29, 1.82) is 0 Å². The molecule has 1 aromatic rings. The van der Waals surface area contributed by atoms with E-state index in [1.165, 1.54) is 5.56 Å². The van der Waals surface area contributed by atoms with Gasteiger partial charge in [0.15, 0.2) is 0 Å². The van der Waals surface area contributed by atoms with Gasteiger partial charge in [-0.05, 0) is 23.8 Å². The van der Waals surface area contributed by atoms with Gasteiger partial charge in [0, 0.05) is 17.6 Å². The van der Waals surface area contributed by atoms with E-state index in [0.29, 0.717) is 22.9 Å². The van der Waals surface area contributed by atoms with Gasteiger partial charge in [0.05, 0.1) is 12.5 Å². The van der Waals surface area contributed by atoms with Gasteiger partial charge in [-0.15, -0.1) is 0 Å². The maximum atomic E-state index is 5.10. The first-order valence-electron chi connectivity index (χ1n) is 5.65. The summed E-state index contributed by atoms with van der Waals surface area (Å²) in [6.45, 7) is 11.5. The molecule has 1 saturated carbocycles. The number of nitrogens with one attached hydrogen (secondary N) is 1. The lowest BCUT2D eigenvalue weighted by Crippen LogP contribution is -2.25. The lowest BCUT2D eigenvalue weighted by atomic mass is 10.0. The lowest BCUT2D eigenvalue weighted by molar-refractivity contribution is 0.457. The minimum absolute atomic E-state index is 0.370. The predicted molar refractivity (Wildman–Crippen MR) is 61.6 cm³/mol. The van der Waals surface area contributed by atoms with Crippen LogP contribution in [0.2, 0.25) is 0 Å². The Morgan fingerprint density at radius 3 is 2.27 bits per heavy atom. The topological polar surface area (TPSA) is 25.2 Å². The number of hydrogen-bond acceptors (Lipinski definition) is 2. The molecule has 0 bridgehead atoms. The zero-order chi connectivity index (χ0) is 11.3. The highest BCUT2D eigenvalue weighted by Crippen LogP contribution is 2.63. The maximum absolute atomic E-state index is 5.10. The van der Waals surface area contributed by atoms with Gasteiger partial charge in [-0.1, -0.05) is 27.7 Å². The molecule has 1 N–H and O–H groups in total. The van der Waals surface area contributed by atoms with Gasteiger partial charge in [0.2, 0.25) is 0 Å². The van der Waals surface area contributed by atoms with Crippen LogP contribution < -0.4 is 5.32 Å². The first-order chi connectivity index (χ1) is 6.87. The van der Waals surface area contributed by atoms with Crippen molar-refractivity contribution in [2.24, 2.45) is 10.8 Å². The second-order valence-corrected chi connectivity index (χ2v) is 5.82. The largest absolute Gasteiger partial charge is 0.472 e. The first kappa shape index (κ1) is 10.7. The predicted octanol–water partition coefficient (Wildman–Crippen LogP) is 3.36. The molecule has 84 valence electrons. The molecule has 0 aromatic carbocycles. The van der Waals surface area contributed by atoms with Crippen molar-refractivity contribution < 1.29 is 4.42 Å². The molecule has 1 unspecified atom stereocenters. The third kappa shape index (κ3) is 1.51. The monoisotopic (exact) mass is 207 g/mol. The number of hydrogen-bond donors (Lipinski definition) is 1. The van der Waals surface area contributed by atoms with Crippen LogP contribution in [0, 0.1) is 10.8 Å². The summed E-state index contributed by atoms with van der Waals surface area (Å²) in [5.74, 6) is 0. The summed E-state index contributed by atoms with van der Waals surface area (Å²) in [5.41, 5.74) is 2.02. The van der Waals surface area contributed by atoms with Crippen LogP contribution in [0.15, 0.2) is 23.0 Å². The molecule has 0 radical (unpaired) electrons. The molecule has 1 aliphatic rings. The summed E-state index contributed by atoms with van der Waals surface area (Å²) >= 11 is 0. The molecular formula is C13H21NO. The third-order valence-electron chi connectivity index (χ3n) is 4.48. The van der Waals surface area contributed by atoms with Crippen molar-refractivity contribution in [2.45, 2.75) is 46.7 Å². The molecule has 0 saturated heterocycles. The van der Waals surface area contributed by atoms with Gasteiger partial charge in [0.1, 0.15) is 0 Å². The molecule has 0 spiro atoms. The Hall–Kier alpha value is -0.760. The Balaban J connectivity index is 2.01. The van der Waals surface area contributed by atoms with Crippen molar-refractivity contribution in [3.63, 3.8) is 0 Å². The highest BCUT2D eigenvalue weighted by atomic mass is 16.3. The number of rotatable bonds is 3. The second kappa shape index (κ2) is 3.11. The molecule has 1 heterocycles. The van der Waals surface area contributed by atoms with Crippen LogP contribution in [-0.2, 0) is 0 Å². The molecule has 1 fully saturated rings. The van der Waals surface area contributed by atoms with Crippen molar-refractivity contribution in [3.8, 4) is 0 Å². The van der Waals surface area contributed by atoms with Crippen LogP contribution in [0.3, 0.4) is 0 Å². The zero-order valence-corrected chi connectivity index (χ0v) is 10.3. The van der Waals surface area contributed by atoms with Crippen LogP contribution in [0.5, 0.6) is 0 Å². The van der Waals surface area contributed by atoms with Gasteiger partial charge in [-0.3, -0.25) is 0 Å². The Bertz CT molecular complexity index is 323. The Morgan fingerprint density at radius 2 is 1.87 bits per heavy atom. The highest BCUT2D eigenvalue weighted by Gasteiger charge is 2.64. The highest BCUT2D eigenvalue weighted by molar-refractivity contribution is 5.20. The zero-order valence-electron chi connectivity index (χ0n) is 10.3. The van der Waals surface area contributed by atoms with Crippen molar-refractivity contribution >= 4 is 0 Å². The van der Waals surface area contributed by atoms with E-state index < -0.39 is 0 Å². The maximum Gasteiger partial charge on any atom is 0.0950 e. The van der Waals surface area contributed by atoms with E-state index in [0.717, 1.165) is 0 Å². The molecule has 15 heavy (non-hydrogen) atoms. The smallest absolute Gasteiger partial charge is 0.0950 e. The summed E-state index contributed by atoms with van der Waals surface area (Å²) in [7, 11) is 0. The third-order valence-corrected chi connectivity index (χ3v) is 4.48. The molecule has 2 heteroatoms. The Morgan fingerprint density at radius 1 is 1.27 bits per heavy atom. The summed E-state index contributed by atoms with van der Waals surface area (Å²) < 4.78 is 5.10. The van der Waals surface area contributed by atoms with Crippen LogP contribution in [0.4, 0.5) is 0 Å². The molecule has 1 atom stereocenters. The molecule has 1 aromatic heterocycles. The standard InChI is InChI=1S/C13H21NO/c1-9(10-6-7-15-8-10)14-11-12(2,3)13(11,4)5/h6-9,11,14H,1-5H3. The first-order valence-corrected chi connectivity index (χ1v) is 5.65. The summed E-state index contributed by atoms with van der Waals surface area (Å²) in [5, 5.41) is 3.68. The fraction of sp³-hybridized carbons (Fsp3) is 0.692. The summed E-state index contributed by atoms with van der Waals surface area (Å²) in [6, 6.07) is 2.99. The minimum atomic E-state index is 0.370. The average molecular weight is 207 g/mol. The van der Waals surface area contributed by atoms with E-state index in [4.69, 9.17) is 4.42 Å². The van der Waals surface area contributed by atoms with Gasteiger partial charge >= 0.3 is 0 Å². The average Bonchev–Trinajstić information content (AvgIpc) is 2.65. The normalized spacial score (nSPS) is 25.1. The summed E-state index contributed by atoms with van der Waals surface area (Å²) in [6.07, 6.45) is 3.55. The Labute approximate surface area is 92.1 Å². The second-order valence-electron chi connectivity index (χ2n) is 5.82. The van der Waals surface area contributed by atoms with Crippen molar-refractivity contribution in [1.82, 2.24) is 5.32 Å². The van der Waals surface area contributed by atoms with Crippen LogP contribution in [0.25, 0.3) is 0 Å². The van der Waals surface area contributed by atoms with Crippen LogP contribution >= 0.6 is 0 Å². The quantitative estimate of drug-likeness (QED) is 0.822. The van der Waals surface area contributed by atoms with E-state index in [9.17, 15) is 0 Å². The molecule has 0 amide bonds. The van der Waals surface area contributed by atoms with Crippen molar-refractivity contribution in [3.05, 3.63) is 24.2 Å². The van der Waals surface area contributed by atoms with E-state index >= 15 is 0 Å². The number of furan rings is 1. The van der Waals surface area contributed by atoms with Gasteiger partial charge in [0.25, 0.3) is 0 Å². The molecular weight excluding hydrogens is 186 g/mol. The molecule has 0 aliphatic heterocycles. The summed E-state index contributed by atoms with van der Waals surface area (Å²) in [4.78, 5) is 0. The van der Waals surface area contributed by atoms with Gasteiger partial charge in [-0.25, -0.2) is 0 Å². The van der Waals surface area contributed by atoms with Crippen molar-refractivity contribution in [2.75, 3.05) is 0 Å². The van der Waals surface area contributed by atoms with Crippen LogP contribution in [0.1, 0.15) is 46.2 Å². The fourth-order valence-electron chi connectivity index (χ4n) is 2.48. The van der Waals surface area contributed by atoms with Gasteiger partial charge in [-0.2, -0.15) is 0 Å². The van der Waals surface area contributed by atoms with E-state index in [1.807, 2.05) is 12.3 Å². The lowest BCUT2D eigenvalue weighted by Gasteiger charge is -2.13. The Kier molecular flexibility index (Phi) is 2.23. The molecule has 2 rings (SSSR count). The van der Waals surface area contributed by atoms with Crippen LogP contribution in [-0.4, -0.2) is 6.04 Å². The minimum Gasteiger partial charge on any atom is -0.472 e. The van der Waals surface area contributed by atoms with E-state index in [1.54, 1.807) is 6.26 Å².